The summed E-state index contributed by atoms with van der Waals surface area (Å²) < 4.78 is 0. The molecule has 3 rings (SSSR count). The van der Waals surface area contributed by atoms with Crippen LogP contribution in [0.2, 0.25) is 0 Å². The van der Waals surface area contributed by atoms with E-state index < -0.39 is 0 Å². The van der Waals surface area contributed by atoms with E-state index in [1.54, 1.807) is 6.20 Å². The number of aliphatic hydroxyl groups excluding tert-OH is 1. The van der Waals surface area contributed by atoms with Crippen LogP contribution in [0.1, 0.15) is 30.7 Å². The van der Waals surface area contributed by atoms with E-state index in [1.165, 1.54) is 0 Å². The summed E-state index contributed by atoms with van der Waals surface area (Å²) in [5.41, 5.74) is 0.849. The Morgan fingerprint density at radius 3 is 2.81 bits per heavy atom. The quantitative estimate of drug-likeness (QED) is 0.788. The van der Waals surface area contributed by atoms with E-state index in [1.807, 2.05) is 12.1 Å². The van der Waals surface area contributed by atoms with Crippen molar-refractivity contribution in [2.45, 2.75) is 25.2 Å². The van der Waals surface area contributed by atoms with E-state index in [-0.39, 0.29) is 24.3 Å². The number of nitrogens with one attached hydrogen (secondary N) is 1. The number of imide groups is 1. The summed E-state index contributed by atoms with van der Waals surface area (Å²) in [5, 5.41) is 11.5. The normalized spacial score (nSPS) is 26.0. The first-order chi connectivity index (χ1) is 10.2. The average Bonchev–Trinajstić information content (AvgIpc) is 2.96. The van der Waals surface area contributed by atoms with Crippen molar-refractivity contribution in [1.82, 2.24) is 10.3 Å². The Morgan fingerprint density at radius 1 is 1.33 bits per heavy atom. The van der Waals surface area contributed by atoms with Gasteiger partial charge in [-0.1, -0.05) is 6.07 Å². The summed E-state index contributed by atoms with van der Waals surface area (Å²) in [4.78, 5) is 29.6. The number of aliphatic hydroxyl groups is 1. The first-order valence-corrected chi connectivity index (χ1v) is 7.33. The molecular weight excluding hydrogens is 270 g/mol. The largest absolute Gasteiger partial charge is 0.396 e. The lowest BCUT2D eigenvalue weighted by molar-refractivity contribution is -0.134. The van der Waals surface area contributed by atoms with Crippen LogP contribution >= 0.6 is 0 Å². The zero-order valence-corrected chi connectivity index (χ0v) is 11.8. The second kappa shape index (κ2) is 5.81. The third-order valence-corrected chi connectivity index (χ3v) is 4.28. The lowest BCUT2D eigenvalue weighted by Gasteiger charge is -2.22. The number of hydrogen-bond acceptors (Lipinski definition) is 5. The molecule has 1 aromatic rings. The van der Waals surface area contributed by atoms with Crippen molar-refractivity contribution in [3.63, 3.8) is 0 Å². The standard InChI is InChI=1S/C15H19N3O3/c19-9-10-5-6-18(8-10)13-3-1-11(7-16-13)12-2-4-14(20)17-15(12)21/h1,3,7,10,12,19H,2,4-6,8-9H2,(H,17,20,21)/t10-,12?/m1/s1. The van der Waals surface area contributed by atoms with Crippen LogP contribution in [0.4, 0.5) is 5.82 Å². The number of piperidine rings is 1. The van der Waals surface area contributed by atoms with E-state index >= 15 is 0 Å². The lowest BCUT2D eigenvalue weighted by atomic mass is 9.92. The minimum atomic E-state index is -0.284. The second-order valence-electron chi connectivity index (χ2n) is 5.74. The minimum Gasteiger partial charge on any atom is -0.396 e. The molecule has 0 aliphatic carbocycles. The van der Waals surface area contributed by atoms with Gasteiger partial charge in [-0.3, -0.25) is 14.9 Å². The van der Waals surface area contributed by atoms with Gasteiger partial charge in [0.15, 0.2) is 0 Å². The highest BCUT2D eigenvalue weighted by Crippen LogP contribution is 2.27. The number of pyridine rings is 1. The van der Waals surface area contributed by atoms with Crippen LogP contribution in [-0.4, -0.2) is 41.6 Å². The summed E-state index contributed by atoms with van der Waals surface area (Å²) in [6.45, 7) is 1.93. The van der Waals surface area contributed by atoms with Gasteiger partial charge >= 0.3 is 0 Å². The topological polar surface area (TPSA) is 82.5 Å². The highest BCUT2D eigenvalue weighted by atomic mass is 16.3. The Bertz CT molecular complexity index is 544. The van der Waals surface area contributed by atoms with Gasteiger partial charge in [0.25, 0.3) is 0 Å². The molecule has 6 nitrogen and oxygen atoms in total. The van der Waals surface area contributed by atoms with E-state index in [0.29, 0.717) is 18.8 Å². The van der Waals surface area contributed by atoms with Gasteiger partial charge in [-0.2, -0.15) is 0 Å². The molecule has 2 fully saturated rings. The van der Waals surface area contributed by atoms with Crippen molar-refractivity contribution in [2.24, 2.45) is 5.92 Å². The molecule has 3 heterocycles. The molecule has 0 radical (unpaired) electrons. The van der Waals surface area contributed by atoms with Gasteiger partial charge in [0.2, 0.25) is 11.8 Å². The smallest absolute Gasteiger partial charge is 0.234 e. The molecule has 0 bridgehead atoms. The molecule has 2 saturated heterocycles. The van der Waals surface area contributed by atoms with E-state index in [2.05, 4.69) is 15.2 Å². The molecule has 21 heavy (non-hydrogen) atoms. The fourth-order valence-electron chi connectivity index (χ4n) is 2.99. The van der Waals surface area contributed by atoms with Crippen LogP contribution < -0.4 is 10.2 Å². The monoisotopic (exact) mass is 289 g/mol. The van der Waals surface area contributed by atoms with Crippen molar-refractivity contribution in [3.05, 3.63) is 23.9 Å². The predicted molar refractivity (Wildman–Crippen MR) is 76.8 cm³/mol. The zero-order valence-electron chi connectivity index (χ0n) is 11.8. The molecule has 112 valence electrons. The summed E-state index contributed by atoms with van der Waals surface area (Å²) in [6.07, 6.45) is 3.62. The van der Waals surface area contributed by atoms with Gasteiger partial charge in [-0.05, 0) is 24.5 Å². The number of nitrogens with zero attached hydrogens (tertiary/aromatic N) is 2. The Kier molecular flexibility index (Phi) is 3.88. The number of hydrogen-bond donors (Lipinski definition) is 2. The fourth-order valence-corrected chi connectivity index (χ4v) is 2.99. The summed E-state index contributed by atoms with van der Waals surface area (Å²) in [7, 11) is 0. The highest BCUT2D eigenvalue weighted by molar-refractivity contribution is 6.00. The second-order valence-corrected chi connectivity index (χ2v) is 5.74. The van der Waals surface area contributed by atoms with Crippen molar-refractivity contribution >= 4 is 17.6 Å². The number of aromatic nitrogens is 1. The molecule has 2 aliphatic rings. The van der Waals surface area contributed by atoms with E-state index in [9.17, 15) is 14.7 Å². The van der Waals surface area contributed by atoms with E-state index in [4.69, 9.17) is 0 Å². The van der Waals surface area contributed by atoms with Crippen LogP contribution in [0.25, 0.3) is 0 Å². The molecule has 6 heteroatoms. The lowest BCUT2D eigenvalue weighted by Crippen LogP contribution is -2.39. The van der Waals surface area contributed by atoms with Gasteiger partial charge in [-0.25, -0.2) is 4.98 Å². The molecule has 2 aliphatic heterocycles. The van der Waals surface area contributed by atoms with Crippen molar-refractivity contribution in [2.75, 3.05) is 24.6 Å². The molecule has 0 aromatic carbocycles. The maximum absolute atomic E-state index is 11.8. The molecule has 2 amide bonds. The molecule has 0 saturated carbocycles. The van der Waals surface area contributed by atoms with Gasteiger partial charge in [0.05, 0.1) is 5.92 Å². The Labute approximate surface area is 123 Å². The van der Waals surface area contributed by atoms with Crippen molar-refractivity contribution < 1.29 is 14.7 Å². The third-order valence-electron chi connectivity index (χ3n) is 4.28. The number of rotatable bonds is 3. The molecular formula is C15H19N3O3. The predicted octanol–water partition coefficient (Wildman–Crippen LogP) is 0.420. The number of amides is 2. The SMILES string of the molecule is O=C1CCC(c2ccc(N3CC[C@@H](CO)C3)nc2)C(=O)N1. The van der Waals surface area contributed by atoms with Crippen molar-refractivity contribution in [1.29, 1.82) is 0 Å². The molecule has 2 N–H and O–H groups in total. The number of anilines is 1. The fraction of sp³-hybridized carbons (Fsp3) is 0.533. The van der Waals surface area contributed by atoms with Crippen LogP contribution in [0.15, 0.2) is 18.3 Å². The number of carbonyl (C=O) groups is 2. The Balaban J connectivity index is 1.70. The molecule has 1 unspecified atom stereocenters. The number of carbonyl (C=O) groups excluding carboxylic acids is 2. The maximum Gasteiger partial charge on any atom is 0.234 e. The van der Waals surface area contributed by atoms with E-state index in [0.717, 1.165) is 30.9 Å². The Hall–Kier alpha value is -1.95. The van der Waals surface area contributed by atoms with Crippen molar-refractivity contribution in [3.8, 4) is 0 Å². The summed E-state index contributed by atoms with van der Waals surface area (Å²) in [5.74, 6) is 0.479. The summed E-state index contributed by atoms with van der Waals surface area (Å²) in [6, 6.07) is 3.83. The summed E-state index contributed by atoms with van der Waals surface area (Å²) >= 11 is 0. The average molecular weight is 289 g/mol. The van der Waals surface area contributed by atoms with Gasteiger partial charge < -0.3 is 10.0 Å². The van der Waals surface area contributed by atoms with Gasteiger partial charge in [-0.15, -0.1) is 0 Å². The zero-order chi connectivity index (χ0) is 14.8. The molecule has 1 aromatic heterocycles. The first kappa shape index (κ1) is 14.0. The van der Waals surface area contributed by atoms with Gasteiger partial charge in [0, 0.05) is 38.2 Å². The maximum atomic E-state index is 11.8. The third kappa shape index (κ3) is 2.90. The van der Waals surface area contributed by atoms with Gasteiger partial charge in [0.1, 0.15) is 5.82 Å². The Morgan fingerprint density at radius 2 is 2.19 bits per heavy atom. The first-order valence-electron chi connectivity index (χ1n) is 7.33. The minimum absolute atomic E-state index is 0.201. The van der Waals surface area contributed by atoms with Crippen LogP contribution in [0, 0.1) is 5.92 Å². The molecule has 2 atom stereocenters. The van der Waals surface area contributed by atoms with Crippen LogP contribution in [0.3, 0.4) is 0 Å². The molecule has 0 spiro atoms. The highest BCUT2D eigenvalue weighted by Gasteiger charge is 2.28. The van der Waals surface area contributed by atoms with Crippen LogP contribution in [0.5, 0.6) is 0 Å². The van der Waals surface area contributed by atoms with Crippen LogP contribution in [-0.2, 0) is 9.59 Å².